The third kappa shape index (κ3) is 8.11. The first-order valence-electron chi connectivity index (χ1n) is 7.09. The fourth-order valence-corrected chi connectivity index (χ4v) is 2.06. The number of amides is 1. The molecule has 7 heteroatoms. The molecule has 1 aromatic rings. The van der Waals surface area contributed by atoms with E-state index in [4.69, 9.17) is 9.47 Å². The molecule has 0 aliphatic carbocycles. The highest BCUT2D eigenvalue weighted by molar-refractivity contribution is 7.84. The number of hydrogen-bond donors (Lipinski definition) is 2. The van der Waals surface area contributed by atoms with Crippen molar-refractivity contribution >= 4 is 22.4 Å². The number of carbonyl (C=O) groups is 1. The van der Waals surface area contributed by atoms with E-state index >= 15 is 0 Å². The molecule has 0 saturated carbocycles. The standard InChI is InChI=1S/C15H23NO5S/c1-3-20-10-13(17)11-21-14-6-4-12(5-7-14)16-15(18)8-9-22(2)19/h4-7,13,17H,3,8-11H2,1-2H3,(H,16,18). The second-order valence-corrected chi connectivity index (χ2v) is 6.28. The first-order valence-corrected chi connectivity index (χ1v) is 8.82. The van der Waals surface area contributed by atoms with Crippen molar-refractivity contribution in [3.8, 4) is 5.75 Å². The lowest BCUT2D eigenvalue weighted by molar-refractivity contribution is -0.115. The molecular weight excluding hydrogens is 306 g/mol. The molecule has 2 atom stereocenters. The minimum Gasteiger partial charge on any atom is -0.491 e. The highest BCUT2D eigenvalue weighted by Gasteiger charge is 2.06. The maximum atomic E-state index is 11.6. The fourth-order valence-electron chi connectivity index (χ4n) is 1.59. The van der Waals surface area contributed by atoms with Crippen LogP contribution in [0.2, 0.25) is 0 Å². The van der Waals surface area contributed by atoms with E-state index in [1.807, 2.05) is 6.92 Å². The summed E-state index contributed by atoms with van der Waals surface area (Å²) in [6.45, 7) is 2.80. The summed E-state index contributed by atoms with van der Waals surface area (Å²) in [5, 5.41) is 12.3. The molecule has 0 saturated heterocycles. The van der Waals surface area contributed by atoms with Crippen LogP contribution in [0.1, 0.15) is 13.3 Å². The van der Waals surface area contributed by atoms with Gasteiger partial charge in [-0.2, -0.15) is 0 Å². The SMILES string of the molecule is CCOCC(O)COc1ccc(NC(=O)CCS(C)=O)cc1. The van der Waals surface area contributed by atoms with Crippen LogP contribution in [0.3, 0.4) is 0 Å². The zero-order chi connectivity index (χ0) is 16.4. The Morgan fingerprint density at radius 3 is 2.59 bits per heavy atom. The Labute approximate surface area is 133 Å². The van der Waals surface area contributed by atoms with E-state index in [-0.39, 0.29) is 25.5 Å². The zero-order valence-electron chi connectivity index (χ0n) is 12.9. The largest absolute Gasteiger partial charge is 0.491 e. The van der Waals surface area contributed by atoms with Gasteiger partial charge in [0.05, 0.1) is 6.61 Å². The molecule has 0 radical (unpaired) electrons. The summed E-state index contributed by atoms with van der Waals surface area (Å²) < 4.78 is 21.4. The third-order valence-corrected chi connectivity index (χ3v) is 3.49. The van der Waals surface area contributed by atoms with Crippen LogP contribution in [0.4, 0.5) is 5.69 Å². The molecule has 2 N–H and O–H groups in total. The smallest absolute Gasteiger partial charge is 0.225 e. The van der Waals surface area contributed by atoms with Crippen molar-refractivity contribution in [3.63, 3.8) is 0 Å². The van der Waals surface area contributed by atoms with Gasteiger partial charge in [-0.15, -0.1) is 0 Å². The summed E-state index contributed by atoms with van der Waals surface area (Å²) in [6, 6.07) is 6.85. The van der Waals surface area contributed by atoms with Gasteiger partial charge in [0.25, 0.3) is 0 Å². The second kappa shape index (κ2) is 10.3. The van der Waals surface area contributed by atoms with Gasteiger partial charge in [0.2, 0.25) is 5.91 Å². The second-order valence-electron chi connectivity index (χ2n) is 4.72. The highest BCUT2D eigenvalue weighted by Crippen LogP contribution is 2.16. The number of rotatable bonds is 10. The predicted molar refractivity (Wildman–Crippen MR) is 86.6 cm³/mol. The quantitative estimate of drug-likeness (QED) is 0.673. The van der Waals surface area contributed by atoms with Gasteiger partial charge in [0.1, 0.15) is 18.5 Å². The van der Waals surface area contributed by atoms with Gasteiger partial charge in [-0.3, -0.25) is 9.00 Å². The van der Waals surface area contributed by atoms with Gasteiger partial charge in [0.15, 0.2) is 0 Å². The monoisotopic (exact) mass is 329 g/mol. The Balaban J connectivity index is 2.36. The van der Waals surface area contributed by atoms with Crippen LogP contribution < -0.4 is 10.1 Å². The maximum Gasteiger partial charge on any atom is 0.225 e. The molecule has 0 heterocycles. The van der Waals surface area contributed by atoms with E-state index in [2.05, 4.69) is 5.32 Å². The Bertz CT molecular complexity index is 477. The molecule has 0 bridgehead atoms. The van der Waals surface area contributed by atoms with E-state index in [1.165, 1.54) is 0 Å². The Morgan fingerprint density at radius 2 is 2.00 bits per heavy atom. The Kier molecular flexibility index (Phi) is 8.72. The van der Waals surface area contributed by atoms with Crippen LogP contribution in [0.5, 0.6) is 5.75 Å². The van der Waals surface area contributed by atoms with Crippen molar-refractivity contribution in [3.05, 3.63) is 24.3 Å². The molecule has 0 aliphatic heterocycles. The van der Waals surface area contributed by atoms with Gasteiger partial charge in [-0.25, -0.2) is 0 Å². The summed E-state index contributed by atoms with van der Waals surface area (Å²) >= 11 is 0. The van der Waals surface area contributed by atoms with Crippen LogP contribution in [-0.2, 0) is 20.3 Å². The molecule has 1 aromatic carbocycles. The number of anilines is 1. The van der Waals surface area contributed by atoms with Crippen LogP contribution in [0, 0.1) is 0 Å². The summed E-state index contributed by atoms with van der Waals surface area (Å²) in [7, 11) is -0.973. The molecule has 2 unspecified atom stereocenters. The lowest BCUT2D eigenvalue weighted by Gasteiger charge is -2.12. The number of aliphatic hydroxyl groups is 1. The van der Waals surface area contributed by atoms with Gasteiger partial charge in [-0.05, 0) is 31.2 Å². The highest BCUT2D eigenvalue weighted by atomic mass is 32.2. The topological polar surface area (TPSA) is 84.9 Å². The molecule has 124 valence electrons. The average Bonchev–Trinajstić information content (AvgIpc) is 2.50. The summed E-state index contributed by atoms with van der Waals surface area (Å²) in [6.07, 6.45) is 1.12. The maximum absolute atomic E-state index is 11.6. The van der Waals surface area contributed by atoms with Crippen molar-refractivity contribution < 1.29 is 23.6 Å². The summed E-state index contributed by atoms with van der Waals surface area (Å²) in [5.74, 6) is 0.782. The van der Waals surface area contributed by atoms with E-state index in [9.17, 15) is 14.1 Å². The molecule has 0 aromatic heterocycles. The van der Waals surface area contributed by atoms with Gasteiger partial charge in [-0.1, -0.05) is 0 Å². The van der Waals surface area contributed by atoms with E-state index in [1.54, 1.807) is 30.5 Å². The number of benzene rings is 1. The molecule has 6 nitrogen and oxygen atoms in total. The minimum absolute atomic E-state index is 0.147. The number of hydrogen-bond acceptors (Lipinski definition) is 5. The molecule has 0 fully saturated rings. The van der Waals surface area contributed by atoms with Crippen LogP contribution in [0.15, 0.2) is 24.3 Å². The number of aliphatic hydroxyl groups excluding tert-OH is 1. The minimum atomic E-state index is -0.973. The first-order chi connectivity index (χ1) is 10.5. The predicted octanol–water partition coefficient (Wildman–Crippen LogP) is 1.17. The van der Waals surface area contributed by atoms with Gasteiger partial charge < -0.3 is 19.9 Å². The Hall–Kier alpha value is -1.44. The molecular formula is C15H23NO5S. The number of nitrogens with one attached hydrogen (secondary N) is 1. The van der Waals surface area contributed by atoms with Crippen LogP contribution in [0.25, 0.3) is 0 Å². The van der Waals surface area contributed by atoms with E-state index in [0.29, 0.717) is 23.8 Å². The van der Waals surface area contributed by atoms with Gasteiger partial charge >= 0.3 is 0 Å². The molecule has 1 amide bonds. The average molecular weight is 329 g/mol. The van der Waals surface area contributed by atoms with E-state index < -0.39 is 16.9 Å². The molecule has 0 aliphatic rings. The van der Waals surface area contributed by atoms with Crippen molar-refractivity contribution in [2.75, 3.05) is 37.1 Å². The third-order valence-electron chi connectivity index (χ3n) is 2.71. The van der Waals surface area contributed by atoms with E-state index in [0.717, 1.165) is 0 Å². The van der Waals surface area contributed by atoms with Crippen molar-refractivity contribution in [2.24, 2.45) is 0 Å². The summed E-state index contributed by atoms with van der Waals surface area (Å²) in [5.41, 5.74) is 0.647. The number of carbonyl (C=O) groups excluding carboxylic acids is 1. The van der Waals surface area contributed by atoms with Crippen molar-refractivity contribution in [2.45, 2.75) is 19.4 Å². The lowest BCUT2D eigenvalue weighted by Crippen LogP contribution is -2.23. The van der Waals surface area contributed by atoms with Crippen molar-refractivity contribution in [1.82, 2.24) is 0 Å². The van der Waals surface area contributed by atoms with Crippen LogP contribution in [-0.4, -0.2) is 53.2 Å². The number of ether oxygens (including phenoxy) is 2. The van der Waals surface area contributed by atoms with Crippen molar-refractivity contribution in [1.29, 1.82) is 0 Å². The fraction of sp³-hybridized carbons (Fsp3) is 0.533. The first kappa shape index (κ1) is 18.6. The normalized spacial score (nSPS) is 13.4. The lowest BCUT2D eigenvalue weighted by atomic mass is 10.3. The summed E-state index contributed by atoms with van der Waals surface area (Å²) in [4.78, 5) is 11.6. The molecule has 22 heavy (non-hydrogen) atoms. The molecule has 0 spiro atoms. The van der Waals surface area contributed by atoms with Crippen LogP contribution >= 0.6 is 0 Å². The zero-order valence-corrected chi connectivity index (χ0v) is 13.7. The van der Waals surface area contributed by atoms with Gasteiger partial charge in [0, 0.05) is 41.5 Å². The molecule has 1 rings (SSSR count). The Morgan fingerprint density at radius 1 is 1.32 bits per heavy atom.